The van der Waals surface area contributed by atoms with Crippen LogP contribution < -0.4 is 0 Å². The molecule has 0 unspecified atom stereocenters. The SMILES string of the molecule is CCCCCCC[C@]1(O)O[C@H]([C@H](O)CO)[C@@H](O)[C@H]1O. The van der Waals surface area contributed by atoms with E-state index in [1.165, 1.54) is 0 Å². The van der Waals surface area contributed by atoms with Gasteiger partial charge in [-0.25, -0.2) is 0 Å². The first-order valence-corrected chi connectivity index (χ1v) is 7.01. The van der Waals surface area contributed by atoms with Gasteiger partial charge in [-0.05, 0) is 6.42 Å². The van der Waals surface area contributed by atoms with Crippen LogP contribution >= 0.6 is 0 Å². The van der Waals surface area contributed by atoms with Crippen molar-refractivity contribution in [3.05, 3.63) is 0 Å². The van der Waals surface area contributed by atoms with Gasteiger partial charge in [0, 0.05) is 6.42 Å². The summed E-state index contributed by atoms with van der Waals surface area (Å²) in [5.74, 6) is -1.84. The van der Waals surface area contributed by atoms with Crippen molar-refractivity contribution in [1.82, 2.24) is 0 Å². The Labute approximate surface area is 113 Å². The van der Waals surface area contributed by atoms with Crippen LogP contribution in [-0.2, 0) is 4.74 Å². The van der Waals surface area contributed by atoms with Gasteiger partial charge in [-0.3, -0.25) is 0 Å². The van der Waals surface area contributed by atoms with Crippen LogP contribution in [-0.4, -0.2) is 62.3 Å². The van der Waals surface area contributed by atoms with E-state index in [1.807, 2.05) is 0 Å². The Morgan fingerprint density at radius 3 is 2.37 bits per heavy atom. The third kappa shape index (κ3) is 4.11. The van der Waals surface area contributed by atoms with Gasteiger partial charge in [-0.2, -0.15) is 0 Å². The Bertz CT molecular complexity index is 262. The van der Waals surface area contributed by atoms with Crippen molar-refractivity contribution in [3.8, 4) is 0 Å². The van der Waals surface area contributed by atoms with E-state index in [0.29, 0.717) is 6.42 Å². The van der Waals surface area contributed by atoms with Crippen molar-refractivity contribution >= 4 is 0 Å². The quantitative estimate of drug-likeness (QED) is 0.383. The summed E-state index contributed by atoms with van der Waals surface area (Å²) >= 11 is 0. The van der Waals surface area contributed by atoms with Crippen molar-refractivity contribution in [2.24, 2.45) is 0 Å². The van der Waals surface area contributed by atoms with Crippen molar-refractivity contribution in [2.75, 3.05) is 6.61 Å². The molecular weight excluding hydrogens is 252 g/mol. The van der Waals surface area contributed by atoms with Crippen molar-refractivity contribution < 1.29 is 30.3 Å². The summed E-state index contributed by atoms with van der Waals surface area (Å²) in [6, 6.07) is 0. The molecule has 0 bridgehead atoms. The highest BCUT2D eigenvalue weighted by Gasteiger charge is 2.54. The van der Waals surface area contributed by atoms with E-state index in [2.05, 4.69) is 6.92 Å². The smallest absolute Gasteiger partial charge is 0.195 e. The molecule has 0 radical (unpaired) electrons. The van der Waals surface area contributed by atoms with Crippen molar-refractivity contribution in [3.63, 3.8) is 0 Å². The van der Waals surface area contributed by atoms with Gasteiger partial charge >= 0.3 is 0 Å². The lowest BCUT2D eigenvalue weighted by Crippen LogP contribution is -2.43. The lowest BCUT2D eigenvalue weighted by Gasteiger charge is -2.26. The highest BCUT2D eigenvalue weighted by atomic mass is 16.7. The molecule has 1 fully saturated rings. The van der Waals surface area contributed by atoms with E-state index in [0.717, 1.165) is 25.7 Å². The zero-order valence-electron chi connectivity index (χ0n) is 11.4. The van der Waals surface area contributed by atoms with Crippen LogP contribution in [0.4, 0.5) is 0 Å². The summed E-state index contributed by atoms with van der Waals surface area (Å²) < 4.78 is 5.18. The first-order chi connectivity index (χ1) is 8.96. The summed E-state index contributed by atoms with van der Waals surface area (Å²) in [7, 11) is 0. The van der Waals surface area contributed by atoms with Crippen LogP contribution in [0.1, 0.15) is 45.4 Å². The van der Waals surface area contributed by atoms with Gasteiger partial charge in [0.1, 0.15) is 24.4 Å². The molecule has 6 heteroatoms. The third-order valence-corrected chi connectivity index (χ3v) is 3.67. The lowest BCUT2D eigenvalue weighted by molar-refractivity contribution is -0.242. The minimum atomic E-state index is -1.84. The van der Waals surface area contributed by atoms with E-state index < -0.39 is 36.8 Å². The Hall–Kier alpha value is -0.240. The summed E-state index contributed by atoms with van der Waals surface area (Å²) in [6.45, 7) is 1.51. The molecule has 114 valence electrons. The molecule has 0 aromatic heterocycles. The van der Waals surface area contributed by atoms with E-state index in [9.17, 15) is 20.4 Å². The minimum absolute atomic E-state index is 0.198. The summed E-state index contributed by atoms with van der Waals surface area (Å²) in [6.07, 6.45) is -0.287. The molecule has 19 heavy (non-hydrogen) atoms. The zero-order chi connectivity index (χ0) is 14.5. The fourth-order valence-electron chi connectivity index (χ4n) is 2.42. The van der Waals surface area contributed by atoms with Crippen molar-refractivity contribution in [2.45, 2.75) is 75.7 Å². The molecule has 1 saturated heterocycles. The van der Waals surface area contributed by atoms with Crippen LogP contribution in [0, 0.1) is 0 Å². The molecule has 1 rings (SSSR count). The second kappa shape index (κ2) is 7.52. The fraction of sp³-hybridized carbons (Fsp3) is 1.00. The molecule has 0 aliphatic carbocycles. The highest BCUT2D eigenvalue weighted by Crippen LogP contribution is 2.34. The monoisotopic (exact) mass is 278 g/mol. The first-order valence-electron chi connectivity index (χ1n) is 7.01. The van der Waals surface area contributed by atoms with Crippen LogP contribution in [0.2, 0.25) is 0 Å². The number of hydrogen-bond donors (Lipinski definition) is 5. The maximum Gasteiger partial charge on any atom is 0.195 e. The predicted octanol–water partition coefficient (Wildman–Crippen LogP) is -0.491. The molecule has 5 N–H and O–H groups in total. The average molecular weight is 278 g/mol. The number of unbranched alkanes of at least 4 members (excludes halogenated alkanes) is 4. The van der Waals surface area contributed by atoms with Gasteiger partial charge in [-0.1, -0.05) is 32.6 Å². The topological polar surface area (TPSA) is 110 Å². The molecule has 1 aliphatic rings. The second-order valence-electron chi connectivity index (χ2n) is 5.28. The molecule has 0 spiro atoms. The first kappa shape index (κ1) is 16.8. The third-order valence-electron chi connectivity index (χ3n) is 3.67. The summed E-state index contributed by atoms with van der Waals surface area (Å²) in [5, 5.41) is 48.0. The Balaban J connectivity index is 2.47. The molecule has 1 heterocycles. The number of aliphatic hydroxyl groups is 5. The number of rotatable bonds is 8. The fourth-order valence-corrected chi connectivity index (χ4v) is 2.42. The van der Waals surface area contributed by atoms with Gasteiger partial charge in [0.25, 0.3) is 0 Å². The second-order valence-corrected chi connectivity index (χ2v) is 5.28. The van der Waals surface area contributed by atoms with Gasteiger partial charge < -0.3 is 30.3 Å². The van der Waals surface area contributed by atoms with Gasteiger partial charge in [0.2, 0.25) is 0 Å². The molecule has 5 atom stereocenters. The summed E-state index contributed by atoms with van der Waals surface area (Å²) in [5.41, 5.74) is 0. The number of hydrogen-bond acceptors (Lipinski definition) is 6. The molecule has 6 nitrogen and oxygen atoms in total. The Morgan fingerprint density at radius 1 is 1.16 bits per heavy atom. The van der Waals surface area contributed by atoms with Crippen LogP contribution in [0.5, 0.6) is 0 Å². The number of aliphatic hydroxyl groups excluding tert-OH is 4. The molecule has 0 saturated carbocycles. The highest BCUT2D eigenvalue weighted by molar-refractivity contribution is 4.97. The van der Waals surface area contributed by atoms with Crippen LogP contribution in [0.15, 0.2) is 0 Å². The van der Waals surface area contributed by atoms with Gasteiger partial charge in [0.15, 0.2) is 5.79 Å². The molecule has 0 amide bonds. The van der Waals surface area contributed by atoms with E-state index in [1.54, 1.807) is 0 Å². The van der Waals surface area contributed by atoms with E-state index in [-0.39, 0.29) is 6.42 Å². The van der Waals surface area contributed by atoms with E-state index in [4.69, 9.17) is 9.84 Å². The minimum Gasteiger partial charge on any atom is -0.394 e. The Kier molecular flexibility index (Phi) is 6.65. The molecule has 1 aliphatic heterocycles. The maximum absolute atomic E-state index is 10.2. The molecule has 0 aromatic rings. The normalized spacial score (nSPS) is 36.6. The average Bonchev–Trinajstić information content (AvgIpc) is 2.63. The molecule has 0 aromatic carbocycles. The zero-order valence-corrected chi connectivity index (χ0v) is 11.4. The Morgan fingerprint density at radius 2 is 1.79 bits per heavy atom. The van der Waals surface area contributed by atoms with Gasteiger partial charge in [-0.15, -0.1) is 0 Å². The summed E-state index contributed by atoms with van der Waals surface area (Å²) in [4.78, 5) is 0. The van der Waals surface area contributed by atoms with Crippen LogP contribution in [0.3, 0.4) is 0 Å². The number of ether oxygens (including phenoxy) is 1. The predicted molar refractivity (Wildman–Crippen MR) is 68.3 cm³/mol. The molecular formula is C13H26O6. The van der Waals surface area contributed by atoms with Crippen molar-refractivity contribution in [1.29, 1.82) is 0 Å². The standard InChI is InChI=1S/C13H26O6/c1-2-3-4-5-6-7-13(18)12(17)10(16)11(19-13)9(15)8-14/h9-12,14-18H,2-8H2,1H3/t9-,10-,11-,12-,13+/m1/s1. The largest absolute Gasteiger partial charge is 0.394 e. The van der Waals surface area contributed by atoms with Gasteiger partial charge in [0.05, 0.1) is 6.61 Å². The van der Waals surface area contributed by atoms with Crippen LogP contribution in [0.25, 0.3) is 0 Å². The maximum atomic E-state index is 10.2. The lowest BCUT2D eigenvalue weighted by atomic mass is 9.98. The van der Waals surface area contributed by atoms with E-state index >= 15 is 0 Å².